The summed E-state index contributed by atoms with van der Waals surface area (Å²) >= 11 is 12.1. The van der Waals surface area contributed by atoms with Crippen molar-refractivity contribution in [2.45, 2.75) is 6.92 Å². The van der Waals surface area contributed by atoms with Gasteiger partial charge < -0.3 is 5.73 Å². The summed E-state index contributed by atoms with van der Waals surface area (Å²) in [6, 6.07) is 11.0. The van der Waals surface area contributed by atoms with Crippen LogP contribution in [-0.4, -0.2) is 10.6 Å². The normalized spacial score (nSPS) is 12.3. The average molecular weight is 350 g/mol. The molecular formula is C16H13Cl2N3O2. The van der Waals surface area contributed by atoms with E-state index in [0.29, 0.717) is 32.7 Å². The smallest absolute Gasteiger partial charge is 0.269 e. The fraction of sp³-hybridized carbons (Fsp3) is 0.0625. The van der Waals surface area contributed by atoms with E-state index in [4.69, 9.17) is 28.9 Å². The van der Waals surface area contributed by atoms with E-state index in [-0.39, 0.29) is 5.69 Å². The fourth-order valence-electron chi connectivity index (χ4n) is 1.87. The molecule has 0 saturated heterocycles. The van der Waals surface area contributed by atoms with Crippen LogP contribution < -0.4 is 5.73 Å². The number of nitro groups is 1. The minimum atomic E-state index is -0.464. The zero-order valence-electron chi connectivity index (χ0n) is 12.2. The predicted octanol–water partition coefficient (Wildman–Crippen LogP) is 4.88. The molecule has 0 aromatic heterocycles. The lowest BCUT2D eigenvalue weighted by atomic mass is 10.1. The number of hydrogen-bond acceptors (Lipinski definition) is 4. The first-order valence-corrected chi connectivity index (χ1v) is 7.35. The molecule has 0 fully saturated rings. The Morgan fingerprint density at radius 2 is 1.87 bits per heavy atom. The first-order valence-electron chi connectivity index (χ1n) is 6.59. The van der Waals surface area contributed by atoms with Gasteiger partial charge in [-0.25, -0.2) is 4.99 Å². The molecule has 0 aliphatic rings. The average Bonchev–Trinajstić information content (AvgIpc) is 2.46. The fourth-order valence-corrected chi connectivity index (χ4v) is 2.38. The molecule has 0 bridgehead atoms. The lowest BCUT2D eigenvalue weighted by Crippen LogP contribution is -2.02. The van der Waals surface area contributed by atoms with Gasteiger partial charge in [-0.2, -0.15) is 0 Å². The van der Waals surface area contributed by atoms with E-state index in [2.05, 4.69) is 4.99 Å². The van der Waals surface area contributed by atoms with E-state index < -0.39 is 4.92 Å². The van der Waals surface area contributed by atoms with Crippen LogP contribution in [0.5, 0.6) is 0 Å². The highest BCUT2D eigenvalue weighted by atomic mass is 35.5. The van der Waals surface area contributed by atoms with Crippen molar-refractivity contribution in [3.05, 3.63) is 80.0 Å². The second kappa shape index (κ2) is 7.26. The maximum absolute atomic E-state index is 10.7. The van der Waals surface area contributed by atoms with Crippen molar-refractivity contribution in [3.8, 4) is 0 Å². The molecule has 0 amide bonds. The molecule has 7 heteroatoms. The maximum Gasteiger partial charge on any atom is 0.269 e. The predicted molar refractivity (Wildman–Crippen MR) is 93.7 cm³/mol. The van der Waals surface area contributed by atoms with E-state index in [1.165, 1.54) is 12.1 Å². The number of halogens is 2. The Morgan fingerprint density at radius 1 is 1.22 bits per heavy atom. The molecule has 0 heterocycles. The third-order valence-corrected chi connectivity index (χ3v) is 3.43. The molecular weight excluding hydrogens is 337 g/mol. The molecule has 118 valence electrons. The van der Waals surface area contributed by atoms with Gasteiger partial charge in [-0.1, -0.05) is 23.2 Å². The summed E-state index contributed by atoms with van der Waals surface area (Å²) < 4.78 is 0. The molecule has 2 aromatic carbocycles. The van der Waals surface area contributed by atoms with Crippen LogP contribution >= 0.6 is 23.2 Å². The lowest BCUT2D eigenvalue weighted by Gasteiger charge is -2.06. The van der Waals surface area contributed by atoms with Gasteiger partial charge in [0.05, 0.1) is 21.3 Å². The highest BCUT2D eigenvalue weighted by Gasteiger charge is 2.09. The van der Waals surface area contributed by atoms with Crippen LogP contribution in [0.3, 0.4) is 0 Å². The summed E-state index contributed by atoms with van der Waals surface area (Å²) in [6.07, 6.45) is 1.68. The van der Waals surface area contributed by atoms with Gasteiger partial charge in [0.15, 0.2) is 0 Å². The summed E-state index contributed by atoms with van der Waals surface area (Å²) in [5.74, 6) is 0. The SMILES string of the molecule is CC(N)=CC(=Nc1ccc([N+](=O)[O-])cc1)c1ccc(Cl)cc1Cl. The van der Waals surface area contributed by atoms with Crippen molar-refractivity contribution in [3.63, 3.8) is 0 Å². The van der Waals surface area contributed by atoms with Crippen LogP contribution in [0.15, 0.2) is 59.2 Å². The highest BCUT2D eigenvalue weighted by Crippen LogP contribution is 2.25. The molecule has 5 nitrogen and oxygen atoms in total. The zero-order chi connectivity index (χ0) is 17.0. The van der Waals surface area contributed by atoms with Crippen molar-refractivity contribution < 1.29 is 4.92 Å². The van der Waals surface area contributed by atoms with Crippen LogP contribution in [-0.2, 0) is 0 Å². The Morgan fingerprint density at radius 3 is 2.39 bits per heavy atom. The lowest BCUT2D eigenvalue weighted by molar-refractivity contribution is -0.384. The standard InChI is InChI=1S/C16H13Cl2N3O2/c1-10(19)8-16(14-7-2-11(17)9-15(14)18)20-12-3-5-13(6-4-12)21(22)23/h2-9H,19H2,1H3. The molecule has 2 N–H and O–H groups in total. The number of hydrogen-bond donors (Lipinski definition) is 1. The topological polar surface area (TPSA) is 81.5 Å². The molecule has 0 aliphatic heterocycles. The minimum Gasteiger partial charge on any atom is -0.402 e. The Bertz CT molecular complexity index is 795. The molecule has 0 saturated carbocycles. The summed E-state index contributed by atoms with van der Waals surface area (Å²) in [5, 5.41) is 11.6. The van der Waals surface area contributed by atoms with E-state index in [9.17, 15) is 10.1 Å². The number of aliphatic imine (C=N–C) groups is 1. The van der Waals surface area contributed by atoms with Gasteiger partial charge in [0.2, 0.25) is 0 Å². The van der Waals surface area contributed by atoms with Crippen LogP contribution in [0.4, 0.5) is 11.4 Å². The van der Waals surface area contributed by atoms with Crippen LogP contribution in [0.1, 0.15) is 12.5 Å². The molecule has 2 rings (SSSR count). The van der Waals surface area contributed by atoms with Gasteiger partial charge in [0.25, 0.3) is 5.69 Å². The minimum absolute atomic E-state index is 0.000530. The van der Waals surface area contributed by atoms with E-state index in [0.717, 1.165) is 0 Å². The molecule has 0 atom stereocenters. The Balaban J connectivity index is 2.50. The summed E-state index contributed by atoms with van der Waals surface area (Å²) in [5.41, 5.74) is 8.06. The third kappa shape index (κ3) is 4.55. The second-order valence-corrected chi connectivity index (χ2v) is 5.63. The largest absolute Gasteiger partial charge is 0.402 e. The Labute approximate surface area is 143 Å². The van der Waals surface area contributed by atoms with Crippen molar-refractivity contribution in [2.75, 3.05) is 0 Å². The number of allylic oxidation sites excluding steroid dienone is 2. The van der Waals surface area contributed by atoms with E-state index in [1.807, 2.05) is 0 Å². The number of non-ortho nitro benzene ring substituents is 1. The molecule has 0 aliphatic carbocycles. The quantitative estimate of drug-likeness (QED) is 0.484. The van der Waals surface area contributed by atoms with E-state index in [1.54, 1.807) is 43.3 Å². The summed E-state index contributed by atoms with van der Waals surface area (Å²) in [6.45, 7) is 1.73. The first-order chi connectivity index (χ1) is 10.9. The van der Waals surface area contributed by atoms with Gasteiger partial charge in [-0.3, -0.25) is 10.1 Å². The van der Waals surface area contributed by atoms with Crippen LogP contribution in [0.2, 0.25) is 10.0 Å². The van der Waals surface area contributed by atoms with E-state index >= 15 is 0 Å². The van der Waals surface area contributed by atoms with Crippen molar-refractivity contribution in [2.24, 2.45) is 10.7 Å². The highest BCUT2D eigenvalue weighted by molar-refractivity contribution is 6.37. The summed E-state index contributed by atoms with van der Waals surface area (Å²) in [4.78, 5) is 14.7. The van der Waals surface area contributed by atoms with Gasteiger partial charge >= 0.3 is 0 Å². The van der Waals surface area contributed by atoms with Gasteiger partial charge in [0.1, 0.15) is 0 Å². The first kappa shape index (κ1) is 17.0. The number of nitro benzene ring substituents is 1. The Hall–Kier alpha value is -2.37. The van der Waals surface area contributed by atoms with Gasteiger partial charge in [-0.05, 0) is 43.3 Å². The van der Waals surface area contributed by atoms with Crippen molar-refractivity contribution in [1.29, 1.82) is 0 Å². The van der Waals surface area contributed by atoms with Crippen LogP contribution in [0.25, 0.3) is 0 Å². The number of rotatable bonds is 4. The van der Waals surface area contributed by atoms with Crippen molar-refractivity contribution in [1.82, 2.24) is 0 Å². The zero-order valence-corrected chi connectivity index (χ0v) is 13.7. The maximum atomic E-state index is 10.7. The van der Waals surface area contributed by atoms with Gasteiger partial charge in [0, 0.05) is 28.4 Å². The third-order valence-electron chi connectivity index (χ3n) is 2.88. The number of nitrogens with two attached hydrogens (primary N) is 1. The second-order valence-electron chi connectivity index (χ2n) is 4.78. The number of nitrogens with zero attached hydrogens (tertiary/aromatic N) is 2. The summed E-state index contributed by atoms with van der Waals surface area (Å²) in [7, 11) is 0. The molecule has 0 radical (unpaired) electrons. The molecule has 0 unspecified atom stereocenters. The van der Waals surface area contributed by atoms with Crippen LogP contribution in [0, 0.1) is 10.1 Å². The molecule has 23 heavy (non-hydrogen) atoms. The molecule has 0 spiro atoms. The van der Waals surface area contributed by atoms with Crippen molar-refractivity contribution >= 4 is 40.3 Å². The molecule has 2 aromatic rings. The number of benzene rings is 2. The monoisotopic (exact) mass is 349 g/mol. The van der Waals surface area contributed by atoms with Gasteiger partial charge in [-0.15, -0.1) is 0 Å². The Kier molecular flexibility index (Phi) is 5.36.